The Labute approximate surface area is 177 Å². The maximum absolute atomic E-state index is 12.7. The van der Waals surface area contributed by atoms with Gasteiger partial charge in [0.2, 0.25) is 0 Å². The first-order chi connectivity index (χ1) is 14.7. The smallest absolute Gasteiger partial charge is 0.406 e. The Balaban J connectivity index is 1.82. The van der Waals surface area contributed by atoms with Crippen LogP contribution in [0.25, 0.3) is 11.1 Å². The maximum Gasteiger partial charge on any atom is 0.573 e. The van der Waals surface area contributed by atoms with Gasteiger partial charge in [0.1, 0.15) is 11.6 Å². The van der Waals surface area contributed by atoms with E-state index in [2.05, 4.69) is 25.3 Å². The van der Waals surface area contributed by atoms with Gasteiger partial charge in [0.25, 0.3) is 5.91 Å². The van der Waals surface area contributed by atoms with Crippen LogP contribution in [0.5, 0.6) is 5.75 Å². The summed E-state index contributed by atoms with van der Waals surface area (Å²) < 4.78 is 40.7. The third-order valence-electron chi connectivity index (χ3n) is 4.26. The highest BCUT2D eigenvalue weighted by Gasteiger charge is 2.31. The van der Waals surface area contributed by atoms with Gasteiger partial charge in [-0.1, -0.05) is 13.0 Å². The topological polar surface area (TPSA) is 76.1 Å². The van der Waals surface area contributed by atoms with E-state index in [4.69, 9.17) is 0 Å². The minimum absolute atomic E-state index is 0.299. The molecule has 2 N–H and O–H groups in total. The van der Waals surface area contributed by atoms with E-state index in [9.17, 15) is 18.0 Å². The maximum atomic E-state index is 12.7. The van der Waals surface area contributed by atoms with Crippen molar-refractivity contribution >= 4 is 17.4 Å². The van der Waals surface area contributed by atoms with Crippen molar-refractivity contribution in [3.8, 4) is 16.9 Å². The van der Waals surface area contributed by atoms with Gasteiger partial charge in [-0.2, -0.15) is 0 Å². The fourth-order valence-corrected chi connectivity index (χ4v) is 2.76. The highest BCUT2D eigenvalue weighted by molar-refractivity contribution is 6.05. The van der Waals surface area contributed by atoms with Crippen molar-refractivity contribution in [3.63, 3.8) is 0 Å². The lowest BCUT2D eigenvalue weighted by Gasteiger charge is -2.13. The first-order valence-corrected chi connectivity index (χ1v) is 9.59. The number of ether oxygens (including phenoxy) is 1. The summed E-state index contributed by atoms with van der Waals surface area (Å²) in [6.07, 6.45) is -0.709. The Kier molecular flexibility index (Phi) is 6.74. The van der Waals surface area contributed by atoms with E-state index < -0.39 is 12.3 Å². The summed E-state index contributed by atoms with van der Waals surface area (Å²) in [5.41, 5.74) is 3.02. The van der Waals surface area contributed by atoms with Crippen LogP contribution >= 0.6 is 0 Å². The molecule has 31 heavy (non-hydrogen) atoms. The summed E-state index contributed by atoms with van der Waals surface area (Å²) in [5, 5.41) is 5.89. The SMILES string of the molecule is CCCNc1ncc(C(=O)Nc2ccc(OC(F)(F)F)cc2)cc1-c1ccc(C)nc1. The lowest BCUT2D eigenvalue weighted by Crippen LogP contribution is -2.17. The molecule has 0 aliphatic carbocycles. The second-order valence-corrected chi connectivity index (χ2v) is 6.76. The number of nitrogens with one attached hydrogen (secondary N) is 2. The van der Waals surface area contributed by atoms with Gasteiger partial charge in [-0.3, -0.25) is 9.78 Å². The van der Waals surface area contributed by atoms with Gasteiger partial charge in [-0.05, 0) is 49.7 Å². The third-order valence-corrected chi connectivity index (χ3v) is 4.26. The number of aryl methyl sites for hydroxylation is 1. The lowest BCUT2D eigenvalue weighted by atomic mass is 10.1. The minimum atomic E-state index is -4.77. The number of carbonyl (C=O) groups is 1. The molecule has 0 unspecified atom stereocenters. The van der Waals surface area contributed by atoms with Gasteiger partial charge in [-0.15, -0.1) is 13.2 Å². The average Bonchev–Trinajstić information content (AvgIpc) is 2.73. The molecule has 162 valence electrons. The van der Waals surface area contributed by atoms with Crippen LogP contribution in [-0.4, -0.2) is 28.8 Å². The molecule has 0 saturated carbocycles. The lowest BCUT2D eigenvalue weighted by molar-refractivity contribution is -0.274. The fourth-order valence-electron chi connectivity index (χ4n) is 2.76. The summed E-state index contributed by atoms with van der Waals surface area (Å²) in [6.45, 7) is 4.64. The van der Waals surface area contributed by atoms with Crippen LogP contribution in [0.2, 0.25) is 0 Å². The van der Waals surface area contributed by atoms with Gasteiger partial charge in [0.15, 0.2) is 0 Å². The number of hydrogen-bond acceptors (Lipinski definition) is 5. The quantitative estimate of drug-likeness (QED) is 0.523. The standard InChI is InChI=1S/C22H21F3N4O2/c1-3-10-26-20-19(15-5-4-14(2)27-12-15)11-16(13-28-20)21(30)29-17-6-8-18(9-7-17)31-22(23,24)25/h4-9,11-13H,3,10H2,1-2H3,(H,26,28)(H,29,30). The average molecular weight is 430 g/mol. The van der Waals surface area contributed by atoms with Crippen LogP contribution in [0.4, 0.5) is 24.7 Å². The molecule has 1 aromatic carbocycles. The number of alkyl halides is 3. The van der Waals surface area contributed by atoms with Crippen molar-refractivity contribution in [2.75, 3.05) is 17.2 Å². The van der Waals surface area contributed by atoms with Gasteiger partial charge in [0, 0.05) is 41.4 Å². The van der Waals surface area contributed by atoms with Crippen molar-refractivity contribution in [3.05, 3.63) is 66.1 Å². The first kappa shape index (κ1) is 22.1. The summed E-state index contributed by atoms with van der Waals surface area (Å²) in [4.78, 5) is 21.4. The number of carbonyl (C=O) groups excluding carboxylic acids is 1. The zero-order chi connectivity index (χ0) is 22.4. The number of rotatable bonds is 7. The van der Waals surface area contributed by atoms with Crippen LogP contribution in [0, 0.1) is 6.92 Å². The summed E-state index contributed by atoms with van der Waals surface area (Å²) in [5.74, 6) is -0.175. The number of benzene rings is 1. The molecular weight excluding hydrogens is 409 g/mol. The molecule has 6 nitrogen and oxygen atoms in total. The molecule has 0 saturated heterocycles. The Morgan fingerprint density at radius 1 is 1.06 bits per heavy atom. The number of aromatic nitrogens is 2. The van der Waals surface area contributed by atoms with E-state index in [1.165, 1.54) is 18.3 Å². The van der Waals surface area contributed by atoms with Crippen molar-refractivity contribution in [2.45, 2.75) is 26.6 Å². The molecule has 3 aromatic rings. The molecule has 2 heterocycles. The molecule has 3 rings (SSSR count). The van der Waals surface area contributed by atoms with Crippen LogP contribution in [0.1, 0.15) is 29.4 Å². The minimum Gasteiger partial charge on any atom is -0.406 e. The molecule has 9 heteroatoms. The van der Waals surface area contributed by atoms with E-state index in [1.54, 1.807) is 12.3 Å². The number of nitrogens with zero attached hydrogens (tertiary/aromatic N) is 2. The first-order valence-electron chi connectivity index (χ1n) is 9.59. The molecule has 0 aliphatic heterocycles. The van der Waals surface area contributed by atoms with E-state index in [-0.39, 0.29) is 5.75 Å². The molecule has 0 radical (unpaired) electrons. The van der Waals surface area contributed by atoms with E-state index in [0.29, 0.717) is 17.1 Å². The number of anilines is 2. The summed E-state index contributed by atoms with van der Waals surface area (Å²) >= 11 is 0. The summed E-state index contributed by atoms with van der Waals surface area (Å²) in [7, 11) is 0. The Morgan fingerprint density at radius 3 is 2.42 bits per heavy atom. The van der Waals surface area contributed by atoms with Gasteiger partial charge in [0.05, 0.1) is 5.56 Å². The Bertz CT molecular complexity index is 1040. The molecule has 0 bridgehead atoms. The fraction of sp³-hybridized carbons (Fsp3) is 0.227. The predicted octanol–water partition coefficient (Wildman–Crippen LogP) is 5.42. The largest absolute Gasteiger partial charge is 0.573 e. The normalized spacial score (nSPS) is 11.1. The highest BCUT2D eigenvalue weighted by Crippen LogP contribution is 2.28. The van der Waals surface area contributed by atoms with Gasteiger partial charge < -0.3 is 15.4 Å². The number of pyridine rings is 2. The summed E-state index contributed by atoms with van der Waals surface area (Å²) in [6, 6.07) is 10.4. The van der Waals surface area contributed by atoms with Gasteiger partial charge >= 0.3 is 6.36 Å². The second kappa shape index (κ2) is 9.46. The second-order valence-electron chi connectivity index (χ2n) is 6.76. The third kappa shape index (κ3) is 6.18. The van der Waals surface area contributed by atoms with Crippen LogP contribution < -0.4 is 15.4 Å². The van der Waals surface area contributed by atoms with Crippen molar-refractivity contribution in [2.24, 2.45) is 0 Å². The predicted molar refractivity (Wildman–Crippen MR) is 112 cm³/mol. The number of amides is 1. The highest BCUT2D eigenvalue weighted by atomic mass is 19.4. The molecule has 1 amide bonds. The van der Waals surface area contributed by atoms with Crippen molar-refractivity contribution in [1.82, 2.24) is 9.97 Å². The monoisotopic (exact) mass is 430 g/mol. The number of halogens is 3. The zero-order valence-electron chi connectivity index (χ0n) is 17.0. The van der Waals surface area contributed by atoms with Crippen molar-refractivity contribution < 1.29 is 22.7 Å². The van der Waals surface area contributed by atoms with Crippen molar-refractivity contribution in [1.29, 1.82) is 0 Å². The molecular formula is C22H21F3N4O2. The van der Waals surface area contributed by atoms with E-state index >= 15 is 0 Å². The molecule has 0 fully saturated rings. The van der Waals surface area contributed by atoms with Gasteiger partial charge in [-0.25, -0.2) is 4.98 Å². The van der Waals surface area contributed by atoms with E-state index in [0.717, 1.165) is 41.9 Å². The van der Waals surface area contributed by atoms with E-state index in [1.807, 2.05) is 26.0 Å². The Morgan fingerprint density at radius 2 is 1.81 bits per heavy atom. The molecule has 0 spiro atoms. The van der Waals surface area contributed by atoms with Crippen LogP contribution in [0.15, 0.2) is 54.9 Å². The molecule has 2 aromatic heterocycles. The molecule has 0 atom stereocenters. The molecule has 0 aliphatic rings. The zero-order valence-corrected chi connectivity index (χ0v) is 17.0. The number of hydrogen-bond donors (Lipinski definition) is 2. The Hall–Kier alpha value is -3.62. The van der Waals surface area contributed by atoms with Crippen LogP contribution in [0.3, 0.4) is 0 Å². The van der Waals surface area contributed by atoms with Crippen LogP contribution in [-0.2, 0) is 0 Å².